The van der Waals surface area contributed by atoms with E-state index in [0.717, 1.165) is 31.0 Å². The van der Waals surface area contributed by atoms with Gasteiger partial charge in [-0.25, -0.2) is 0 Å². The molecule has 1 heterocycles. The highest BCUT2D eigenvalue weighted by atomic mass is 35.5. The van der Waals surface area contributed by atoms with Crippen LogP contribution in [0.25, 0.3) is 0 Å². The van der Waals surface area contributed by atoms with Gasteiger partial charge in [0.05, 0.1) is 5.69 Å². The minimum Gasteiger partial charge on any atom is -0.313 e. The Balaban J connectivity index is 1.91. The van der Waals surface area contributed by atoms with E-state index in [-0.39, 0.29) is 0 Å². The summed E-state index contributed by atoms with van der Waals surface area (Å²) in [6, 6.07) is 10.7. The molecule has 2 aromatic rings. The Hall–Kier alpha value is -1.38. The maximum absolute atomic E-state index is 6.55. The number of aryl methyl sites for hydroxylation is 1. The molecule has 1 aromatic carbocycles. The van der Waals surface area contributed by atoms with E-state index in [2.05, 4.69) is 41.5 Å². The van der Waals surface area contributed by atoms with Crippen molar-refractivity contribution in [2.45, 2.75) is 38.6 Å². The number of pyridine rings is 1. The molecular weight excluding hydrogens is 280 g/mol. The largest absolute Gasteiger partial charge is 0.313 e. The predicted molar refractivity (Wildman–Crippen MR) is 87.9 cm³/mol. The van der Waals surface area contributed by atoms with Crippen LogP contribution in [0.5, 0.6) is 0 Å². The van der Waals surface area contributed by atoms with Gasteiger partial charge in [-0.2, -0.15) is 0 Å². The standard InChI is InChI=1S/C18H21ClN2/c1-2-20-12-13-8-9-15(17(19)11-13)16-7-3-5-14-6-4-10-21-18(14)16/h4,6,8-11,16,20H,2-3,5,7,12H2,1H3. The molecule has 0 fully saturated rings. The Kier molecular flexibility index (Phi) is 4.57. The number of benzene rings is 1. The first kappa shape index (κ1) is 14.6. The number of hydrogen-bond donors (Lipinski definition) is 1. The van der Waals surface area contributed by atoms with Crippen LogP contribution < -0.4 is 5.32 Å². The predicted octanol–water partition coefficient (Wildman–Crippen LogP) is 4.31. The van der Waals surface area contributed by atoms with Crippen molar-refractivity contribution in [3.05, 3.63) is 63.9 Å². The molecule has 1 atom stereocenters. The molecule has 3 rings (SSSR count). The molecule has 0 saturated carbocycles. The van der Waals surface area contributed by atoms with Crippen molar-refractivity contribution in [2.75, 3.05) is 6.54 Å². The van der Waals surface area contributed by atoms with Gasteiger partial charge in [-0.1, -0.05) is 36.7 Å². The number of halogens is 1. The number of nitrogens with zero attached hydrogens (tertiary/aromatic N) is 1. The molecule has 0 bridgehead atoms. The van der Waals surface area contributed by atoms with Crippen LogP contribution in [0.4, 0.5) is 0 Å². The third-order valence-corrected chi connectivity index (χ3v) is 4.54. The van der Waals surface area contributed by atoms with Crippen LogP contribution in [0.15, 0.2) is 36.5 Å². The maximum Gasteiger partial charge on any atom is 0.0510 e. The number of hydrogen-bond acceptors (Lipinski definition) is 2. The summed E-state index contributed by atoms with van der Waals surface area (Å²) in [5, 5.41) is 4.20. The summed E-state index contributed by atoms with van der Waals surface area (Å²) >= 11 is 6.55. The van der Waals surface area contributed by atoms with Crippen LogP contribution in [0, 0.1) is 0 Å². The second-order valence-electron chi connectivity index (χ2n) is 5.63. The fourth-order valence-corrected chi connectivity index (χ4v) is 3.48. The molecule has 2 nitrogen and oxygen atoms in total. The van der Waals surface area contributed by atoms with Gasteiger partial charge in [0.15, 0.2) is 0 Å². The van der Waals surface area contributed by atoms with Crippen molar-refractivity contribution in [1.82, 2.24) is 10.3 Å². The van der Waals surface area contributed by atoms with Crippen molar-refractivity contribution >= 4 is 11.6 Å². The minimum absolute atomic E-state index is 0.343. The quantitative estimate of drug-likeness (QED) is 0.910. The zero-order valence-electron chi connectivity index (χ0n) is 12.4. The van der Waals surface area contributed by atoms with E-state index in [9.17, 15) is 0 Å². The summed E-state index contributed by atoms with van der Waals surface area (Å²) in [5.41, 5.74) is 5.05. The smallest absolute Gasteiger partial charge is 0.0510 e. The van der Waals surface area contributed by atoms with Gasteiger partial charge in [0.1, 0.15) is 0 Å². The van der Waals surface area contributed by atoms with Crippen molar-refractivity contribution in [3.8, 4) is 0 Å². The third kappa shape index (κ3) is 3.12. The molecule has 0 aliphatic heterocycles. The van der Waals surface area contributed by atoms with Crippen LogP contribution in [-0.4, -0.2) is 11.5 Å². The van der Waals surface area contributed by atoms with Gasteiger partial charge in [-0.05, 0) is 54.6 Å². The van der Waals surface area contributed by atoms with Gasteiger partial charge in [0.2, 0.25) is 0 Å². The molecule has 3 heteroatoms. The molecule has 0 radical (unpaired) electrons. The first-order valence-electron chi connectivity index (χ1n) is 7.72. The summed E-state index contributed by atoms with van der Waals surface area (Å²) in [6.07, 6.45) is 5.37. The average molecular weight is 301 g/mol. The molecule has 1 aliphatic carbocycles. The second-order valence-corrected chi connectivity index (χ2v) is 6.04. The zero-order chi connectivity index (χ0) is 14.7. The molecule has 0 saturated heterocycles. The number of fused-ring (bicyclic) bond motifs is 1. The van der Waals surface area contributed by atoms with Gasteiger partial charge < -0.3 is 5.32 Å². The first-order chi connectivity index (χ1) is 10.3. The topological polar surface area (TPSA) is 24.9 Å². The van der Waals surface area contributed by atoms with E-state index in [1.807, 2.05) is 12.3 Å². The van der Waals surface area contributed by atoms with E-state index in [0.29, 0.717) is 5.92 Å². The molecule has 1 aromatic heterocycles. The summed E-state index contributed by atoms with van der Waals surface area (Å²) in [4.78, 5) is 4.62. The van der Waals surface area contributed by atoms with E-state index in [4.69, 9.17) is 11.6 Å². The Morgan fingerprint density at radius 3 is 3.05 bits per heavy atom. The average Bonchev–Trinajstić information content (AvgIpc) is 2.53. The Labute approximate surface area is 131 Å². The van der Waals surface area contributed by atoms with Crippen LogP contribution in [0.2, 0.25) is 5.02 Å². The van der Waals surface area contributed by atoms with Crippen LogP contribution in [0.1, 0.15) is 48.1 Å². The lowest BCUT2D eigenvalue weighted by atomic mass is 9.82. The van der Waals surface area contributed by atoms with Crippen LogP contribution in [0.3, 0.4) is 0 Å². The highest BCUT2D eigenvalue weighted by Gasteiger charge is 2.24. The van der Waals surface area contributed by atoms with Crippen molar-refractivity contribution in [1.29, 1.82) is 0 Å². The summed E-state index contributed by atoms with van der Waals surface area (Å²) in [7, 11) is 0. The molecule has 1 aliphatic rings. The number of nitrogens with one attached hydrogen (secondary N) is 1. The van der Waals surface area contributed by atoms with E-state index in [1.165, 1.54) is 28.8 Å². The molecule has 110 valence electrons. The van der Waals surface area contributed by atoms with Gasteiger partial charge in [-0.15, -0.1) is 0 Å². The molecule has 0 amide bonds. The minimum atomic E-state index is 0.343. The number of rotatable bonds is 4. The van der Waals surface area contributed by atoms with Crippen LogP contribution >= 0.6 is 11.6 Å². The fourth-order valence-electron chi connectivity index (χ4n) is 3.14. The molecule has 0 spiro atoms. The summed E-state index contributed by atoms with van der Waals surface area (Å²) < 4.78 is 0. The normalized spacial score (nSPS) is 17.5. The van der Waals surface area contributed by atoms with Gasteiger partial charge in [0.25, 0.3) is 0 Å². The molecule has 21 heavy (non-hydrogen) atoms. The summed E-state index contributed by atoms with van der Waals surface area (Å²) in [5.74, 6) is 0.343. The van der Waals surface area contributed by atoms with Gasteiger partial charge >= 0.3 is 0 Å². The van der Waals surface area contributed by atoms with Crippen molar-refractivity contribution < 1.29 is 0 Å². The Morgan fingerprint density at radius 2 is 2.24 bits per heavy atom. The van der Waals surface area contributed by atoms with Crippen molar-refractivity contribution in [2.24, 2.45) is 0 Å². The summed E-state index contributed by atoms with van der Waals surface area (Å²) in [6.45, 7) is 3.95. The van der Waals surface area contributed by atoms with E-state index in [1.54, 1.807) is 0 Å². The molecule has 1 unspecified atom stereocenters. The lowest BCUT2D eigenvalue weighted by molar-refractivity contribution is 0.598. The highest BCUT2D eigenvalue weighted by Crippen LogP contribution is 2.38. The Morgan fingerprint density at radius 1 is 1.33 bits per heavy atom. The zero-order valence-corrected chi connectivity index (χ0v) is 13.2. The monoisotopic (exact) mass is 300 g/mol. The van der Waals surface area contributed by atoms with Crippen molar-refractivity contribution in [3.63, 3.8) is 0 Å². The van der Waals surface area contributed by atoms with Gasteiger partial charge in [-0.3, -0.25) is 4.98 Å². The maximum atomic E-state index is 6.55. The Bertz CT molecular complexity index is 624. The van der Waals surface area contributed by atoms with Gasteiger partial charge in [0, 0.05) is 23.7 Å². The lowest BCUT2D eigenvalue weighted by Crippen LogP contribution is -2.14. The highest BCUT2D eigenvalue weighted by molar-refractivity contribution is 6.31. The fraction of sp³-hybridized carbons (Fsp3) is 0.389. The molecular formula is C18H21ClN2. The lowest BCUT2D eigenvalue weighted by Gasteiger charge is -2.25. The second kappa shape index (κ2) is 6.59. The molecule has 1 N–H and O–H groups in total. The number of aromatic nitrogens is 1. The third-order valence-electron chi connectivity index (χ3n) is 4.21. The van der Waals surface area contributed by atoms with E-state index < -0.39 is 0 Å². The SMILES string of the molecule is CCNCc1ccc(C2CCCc3cccnc32)c(Cl)c1. The first-order valence-corrected chi connectivity index (χ1v) is 8.10. The van der Waals surface area contributed by atoms with Crippen LogP contribution in [-0.2, 0) is 13.0 Å². The van der Waals surface area contributed by atoms with E-state index >= 15 is 0 Å².